The maximum atomic E-state index is 2.59. The molecule has 0 spiro atoms. The first-order chi connectivity index (χ1) is 35.2. The Morgan fingerprint density at radius 2 is 0.479 bits per heavy atom. The molecule has 0 amide bonds. The van der Waals surface area contributed by atoms with Gasteiger partial charge in [0.05, 0.1) is 0 Å². The van der Waals surface area contributed by atoms with E-state index in [2.05, 4.69) is 283 Å². The fourth-order valence-electron chi connectivity index (χ4n) is 11.4. The molecule has 0 radical (unpaired) electrons. The van der Waals surface area contributed by atoms with Crippen LogP contribution in [0.2, 0.25) is 0 Å². The van der Waals surface area contributed by atoms with Gasteiger partial charge in [-0.15, -0.1) is 0 Å². The minimum atomic E-state index is -0.0756. The molecular weight excluding hydrogens is 856 g/mol. The summed E-state index contributed by atoms with van der Waals surface area (Å²) in [5.41, 5.74) is 22.5. The normalized spacial score (nSPS) is 12.4. The first kappa shape index (κ1) is 40.9. The number of hydrogen-bond acceptors (Lipinski definition) is 2. The van der Waals surface area contributed by atoms with Crippen LogP contribution in [0.4, 0.5) is 34.1 Å². The fraction of sp³-hybridized carbons (Fsp3) is 0. The van der Waals surface area contributed by atoms with Crippen molar-refractivity contribution in [2.24, 2.45) is 0 Å². The van der Waals surface area contributed by atoms with E-state index in [-0.39, 0.29) is 6.71 Å². The van der Waals surface area contributed by atoms with Gasteiger partial charge in [0.2, 0.25) is 0 Å². The molecule has 0 bridgehead atoms. The summed E-state index contributed by atoms with van der Waals surface area (Å²) in [6.45, 7) is -0.0756. The van der Waals surface area contributed by atoms with Crippen LogP contribution >= 0.6 is 0 Å². The van der Waals surface area contributed by atoms with Crippen LogP contribution in [0.3, 0.4) is 0 Å². The topological polar surface area (TPSA) is 6.48 Å². The van der Waals surface area contributed by atoms with Crippen molar-refractivity contribution in [2.45, 2.75) is 0 Å². The van der Waals surface area contributed by atoms with E-state index in [1.54, 1.807) is 0 Å². The zero-order valence-corrected chi connectivity index (χ0v) is 39.0. The highest BCUT2D eigenvalue weighted by molar-refractivity contribution is 7.00. The quantitative estimate of drug-likeness (QED) is 0.147. The molecule has 0 saturated heterocycles. The molecule has 0 atom stereocenters. The Balaban J connectivity index is 1.13. The second kappa shape index (κ2) is 16.8. The van der Waals surface area contributed by atoms with Gasteiger partial charge in [0.1, 0.15) is 0 Å². The summed E-state index contributed by atoms with van der Waals surface area (Å²) in [4.78, 5) is 5.17. The minimum absolute atomic E-state index is 0.0756. The Morgan fingerprint density at radius 1 is 0.211 bits per heavy atom. The Labute approximate surface area is 415 Å². The van der Waals surface area contributed by atoms with Gasteiger partial charge >= 0.3 is 0 Å². The van der Waals surface area contributed by atoms with E-state index in [4.69, 9.17) is 0 Å². The van der Waals surface area contributed by atoms with Crippen LogP contribution in [0.25, 0.3) is 77.2 Å². The molecule has 2 nitrogen and oxygen atoms in total. The van der Waals surface area contributed by atoms with E-state index < -0.39 is 0 Å². The Kier molecular flexibility index (Phi) is 9.67. The molecule has 12 aromatic rings. The van der Waals surface area contributed by atoms with Gasteiger partial charge in [-0.25, -0.2) is 0 Å². The second-order valence-electron chi connectivity index (χ2n) is 18.9. The zero-order valence-electron chi connectivity index (χ0n) is 39.0. The van der Waals surface area contributed by atoms with Crippen molar-refractivity contribution >= 4 is 78.8 Å². The molecule has 71 heavy (non-hydrogen) atoms. The third-order valence-electron chi connectivity index (χ3n) is 14.7. The first-order valence-corrected chi connectivity index (χ1v) is 24.6. The fourth-order valence-corrected chi connectivity index (χ4v) is 11.4. The molecule has 0 aliphatic carbocycles. The zero-order chi connectivity index (χ0) is 46.8. The average molecular weight is 901 g/mol. The lowest BCUT2D eigenvalue weighted by Gasteiger charge is -2.45. The van der Waals surface area contributed by atoms with Crippen molar-refractivity contribution in [1.29, 1.82) is 0 Å². The number of fused-ring (bicyclic) bond motifs is 6. The standard InChI is InChI=1S/C68H45BN2/c1-6-20-46(21-7-1)55-34-56(47-22-8-2-9-23-47)37-60(36-55)70-64-42-53-32-18-16-30-51(53)40-62(64)69-63-41-52-31-17-19-33-54(52)43-65(63)71(67-45-59(44-66(70)68(67)69)50-28-14-5-15-29-50)61-38-57(48-24-10-3-11-25-48)35-58(39-61)49-26-12-4-13-27-49/h1-45H. The summed E-state index contributed by atoms with van der Waals surface area (Å²) in [6, 6.07) is 101. The van der Waals surface area contributed by atoms with Gasteiger partial charge in [-0.05, 0) is 154 Å². The lowest BCUT2D eigenvalue weighted by molar-refractivity contribution is 1.26. The van der Waals surface area contributed by atoms with Crippen molar-refractivity contribution < 1.29 is 0 Å². The van der Waals surface area contributed by atoms with Crippen LogP contribution < -0.4 is 26.2 Å². The number of nitrogens with zero attached hydrogens (tertiary/aromatic N) is 2. The molecule has 0 unspecified atom stereocenters. The molecule has 330 valence electrons. The molecule has 0 saturated carbocycles. The number of benzene rings is 12. The van der Waals surface area contributed by atoms with Crippen molar-refractivity contribution in [3.63, 3.8) is 0 Å². The maximum absolute atomic E-state index is 2.59. The monoisotopic (exact) mass is 900 g/mol. The molecule has 12 aromatic carbocycles. The van der Waals surface area contributed by atoms with E-state index in [9.17, 15) is 0 Å². The van der Waals surface area contributed by atoms with Crippen molar-refractivity contribution in [2.75, 3.05) is 9.80 Å². The van der Waals surface area contributed by atoms with Crippen LogP contribution in [0, 0.1) is 0 Å². The molecule has 0 aromatic heterocycles. The smallest absolute Gasteiger partial charge is 0.252 e. The van der Waals surface area contributed by atoms with Crippen LogP contribution in [0.15, 0.2) is 273 Å². The molecule has 0 N–H and O–H groups in total. The SMILES string of the molecule is c1ccc(-c2cc(-c3ccccc3)cc(N3c4cc5ccccc5cc4B4c5cc6ccccc6cc5N(c5cc(-c6ccccc6)cc(-c6ccccc6)c5)c5cc(-c6ccccc6)cc3c54)c2)cc1. The van der Waals surface area contributed by atoms with Crippen LogP contribution in [-0.2, 0) is 0 Å². The van der Waals surface area contributed by atoms with Gasteiger partial charge < -0.3 is 9.80 Å². The van der Waals surface area contributed by atoms with Gasteiger partial charge in [0.25, 0.3) is 6.71 Å². The highest BCUT2D eigenvalue weighted by Gasteiger charge is 2.44. The minimum Gasteiger partial charge on any atom is -0.311 e. The molecular formula is C68H45BN2. The van der Waals surface area contributed by atoms with E-state index in [1.807, 2.05) is 0 Å². The number of rotatable bonds is 7. The number of anilines is 6. The van der Waals surface area contributed by atoms with Gasteiger partial charge in [0, 0.05) is 34.1 Å². The van der Waals surface area contributed by atoms with E-state index in [0.29, 0.717) is 0 Å². The highest BCUT2D eigenvalue weighted by atomic mass is 15.2. The first-order valence-electron chi connectivity index (χ1n) is 24.6. The Hall–Kier alpha value is -9.18. The second-order valence-corrected chi connectivity index (χ2v) is 18.9. The lowest BCUT2D eigenvalue weighted by atomic mass is 9.33. The van der Waals surface area contributed by atoms with E-state index >= 15 is 0 Å². The summed E-state index contributed by atoms with van der Waals surface area (Å²) >= 11 is 0. The highest BCUT2D eigenvalue weighted by Crippen LogP contribution is 2.49. The third-order valence-corrected chi connectivity index (χ3v) is 14.7. The number of hydrogen-bond donors (Lipinski definition) is 0. The van der Waals surface area contributed by atoms with E-state index in [0.717, 1.165) is 16.9 Å². The summed E-state index contributed by atoms with van der Waals surface area (Å²) in [6.07, 6.45) is 0. The Bertz CT molecular complexity index is 3630. The molecule has 2 aliphatic heterocycles. The van der Waals surface area contributed by atoms with Crippen LogP contribution in [0.5, 0.6) is 0 Å². The summed E-state index contributed by atoms with van der Waals surface area (Å²) in [5, 5.41) is 4.88. The maximum Gasteiger partial charge on any atom is 0.252 e. The summed E-state index contributed by atoms with van der Waals surface area (Å²) in [5.74, 6) is 0. The third kappa shape index (κ3) is 7.05. The van der Waals surface area contributed by atoms with Gasteiger partial charge in [-0.2, -0.15) is 0 Å². The largest absolute Gasteiger partial charge is 0.311 e. The summed E-state index contributed by atoms with van der Waals surface area (Å²) < 4.78 is 0. The molecule has 2 aliphatic rings. The van der Waals surface area contributed by atoms with Crippen molar-refractivity contribution in [3.05, 3.63) is 273 Å². The lowest BCUT2D eigenvalue weighted by Crippen LogP contribution is -2.61. The Morgan fingerprint density at radius 3 is 0.789 bits per heavy atom. The molecule has 3 heteroatoms. The van der Waals surface area contributed by atoms with Gasteiger partial charge in [-0.1, -0.05) is 212 Å². The van der Waals surface area contributed by atoms with Gasteiger partial charge in [-0.3, -0.25) is 0 Å². The molecule has 2 heterocycles. The van der Waals surface area contributed by atoms with Crippen LogP contribution in [-0.4, -0.2) is 6.71 Å². The molecule has 0 fully saturated rings. The predicted octanol–water partition coefficient (Wildman–Crippen LogP) is 16.4. The van der Waals surface area contributed by atoms with Gasteiger partial charge in [0.15, 0.2) is 0 Å². The molecule has 14 rings (SSSR count). The van der Waals surface area contributed by atoms with E-state index in [1.165, 1.54) is 111 Å². The summed E-state index contributed by atoms with van der Waals surface area (Å²) in [7, 11) is 0. The van der Waals surface area contributed by atoms with Crippen molar-refractivity contribution in [1.82, 2.24) is 0 Å². The van der Waals surface area contributed by atoms with Crippen LogP contribution in [0.1, 0.15) is 0 Å². The average Bonchev–Trinajstić information content (AvgIpc) is 3.45. The predicted molar refractivity (Wildman–Crippen MR) is 303 cm³/mol. The van der Waals surface area contributed by atoms with Crippen molar-refractivity contribution in [3.8, 4) is 55.6 Å².